The maximum atomic E-state index is 9.10. The van der Waals surface area contributed by atoms with Gasteiger partial charge in [0.1, 0.15) is 12.2 Å². The molecule has 1 fully saturated rings. The van der Waals surface area contributed by atoms with E-state index in [2.05, 4.69) is 4.74 Å². The van der Waals surface area contributed by atoms with Crippen molar-refractivity contribution in [3.8, 4) is 0 Å². The van der Waals surface area contributed by atoms with Crippen LogP contribution in [0.4, 0.5) is 0 Å². The van der Waals surface area contributed by atoms with Crippen LogP contribution in [-0.4, -0.2) is 51.6 Å². The monoisotopic (exact) mass is 164 g/mol. The van der Waals surface area contributed by atoms with Crippen molar-refractivity contribution in [3.63, 3.8) is 0 Å². The van der Waals surface area contributed by atoms with Gasteiger partial charge in [-0.1, -0.05) is 0 Å². The maximum absolute atomic E-state index is 9.10. The average molecular weight is 164 g/mol. The lowest BCUT2D eigenvalue weighted by atomic mass is 10.0. The summed E-state index contributed by atoms with van der Waals surface area (Å²) in [6, 6.07) is 0. The van der Waals surface area contributed by atoms with Gasteiger partial charge in [-0.15, -0.1) is 0 Å². The Balaban J connectivity index is 2.48. The van der Waals surface area contributed by atoms with E-state index < -0.39 is 24.6 Å². The molecule has 0 spiro atoms. The molecular weight excluding hydrogens is 152 g/mol. The van der Waals surface area contributed by atoms with Crippen LogP contribution in [0.2, 0.25) is 0 Å². The molecule has 1 rings (SSSR count). The Bertz CT molecular complexity index is 128. The number of hydrogen-bond donors (Lipinski definition) is 4. The Morgan fingerprint density at radius 3 is 2.36 bits per heavy atom. The second-order valence-corrected chi connectivity index (χ2v) is 2.62. The maximum Gasteiger partial charge on any atom is 0.181 e. The van der Waals surface area contributed by atoms with Crippen molar-refractivity contribution in [3.05, 3.63) is 0 Å². The van der Waals surface area contributed by atoms with E-state index in [1.807, 2.05) is 0 Å². The van der Waals surface area contributed by atoms with Crippen LogP contribution in [0.15, 0.2) is 0 Å². The van der Waals surface area contributed by atoms with E-state index in [4.69, 9.17) is 20.4 Å². The summed E-state index contributed by atoms with van der Waals surface area (Å²) in [5.41, 5.74) is 0. The van der Waals surface area contributed by atoms with E-state index in [0.717, 1.165) is 0 Å². The minimum absolute atomic E-state index is 0.0341. The van der Waals surface area contributed by atoms with Crippen LogP contribution in [0.25, 0.3) is 0 Å². The fourth-order valence-electron chi connectivity index (χ4n) is 1.04. The summed E-state index contributed by atoms with van der Waals surface area (Å²) < 4.78 is 4.67. The average Bonchev–Trinajstić information content (AvgIpc) is 1.97. The molecule has 0 radical (unpaired) electrons. The predicted molar refractivity (Wildman–Crippen MR) is 34.6 cm³/mol. The fourth-order valence-corrected chi connectivity index (χ4v) is 1.04. The highest BCUT2D eigenvalue weighted by Gasteiger charge is 2.34. The summed E-state index contributed by atoms with van der Waals surface area (Å²) >= 11 is 0. The van der Waals surface area contributed by atoms with Crippen LogP contribution in [0.3, 0.4) is 0 Å². The van der Waals surface area contributed by atoms with Crippen LogP contribution in [0, 0.1) is 0 Å². The molecule has 0 amide bonds. The van der Waals surface area contributed by atoms with Crippen molar-refractivity contribution >= 4 is 0 Å². The molecule has 0 bridgehead atoms. The highest BCUT2D eigenvalue weighted by atomic mass is 16.6. The van der Waals surface area contributed by atoms with E-state index in [0.29, 0.717) is 0 Å². The second-order valence-electron chi connectivity index (χ2n) is 2.62. The number of aliphatic hydroxyl groups excluding tert-OH is 4. The molecule has 2 unspecified atom stereocenters. The third-order valence-corrected chi connectivity index (χ3v) is 1.74. The molecule has 0 aromatic rings. The van der Waals surface area contributed by atoms with Crippen molar-refractivity contribution < 1.29 is 25.2 Å². The molecule has 0 aromatic carbocycles. The fraction of sp³-hybridized carbons (Fsp3) is 1.00. The van der Waals surface area contributed by atoms with Gasteiger partial charge in [-0.2, -0.15) is 0 Å². The van der Waals surface area contributed by atoms with Gasteiger partial charge in [0.2, 0.25) is 0 Å². The molecule has 66 valence electrons. The van der Waals surface area contributed by atoms with Crippen LogP contribution < -0.4 is 0 Å². The van der Waals surface area contributed by atoms with Crippen molar-refractivity contribution in [2.75, 3.05) is 6.61 Å². The smallest absolute Gasteiger partial charge is 0.181 e. The minimum atomic E-state index is -1.30. The third-order valence-electron chi connectivity index (χ3n) is 1.74. The summed E-state index contributed by atoms with van der Waals surface area (Å²) in [6.07, 6.45) is -4.01. The summed E-state index contributed by atoms with van der Waals surface area (Å²) in [4.78, 5) is 0. The van der Waals surface area contributed by atoms with Gasteiger partial charge >= 0.3 is 0 Å². The molecular formula is C6H12O5. The lowest BCUT2D eigenvalue weighted by Gasteiger charge is -2.33. The highest BCUT2D eigenvalue weighted by Crippen LogP contribution is 2.18. The van der Waals surface area contributed by atoms with Gasteiger partial charge in [0, 0.05) is 6.42 Å². The van der Waals surface area contributed by atoms with Gasteiger partial charge in [0.25, 0.3) is 0 Å². The van der Waals surface area contributed by atoms with Gasteiger partial charge in [0.15, 0.2) is 6.29 Å². The molecule has 4 N–H and O–H groups in total. The second kappa shape index (κ2) is 3.46. The van der Waals surface area contributed by atoms with E-state index in [9.17, 15) is 0 Å². The zero-order valence-electron chi connectivity index (χ0n) is 5.92. The first-order chi connectivity index (χ1) is 5.15. The van der Waals surface area contributed by atoms with Crippen LogP contribution in [0.1, 0.15) is 6.42 Å². The van der Waals surface area contributed by atoms with E-state index in [-0.39, 0.29) is 13.0 Å². The van der Waals surface area contributed by atoms with Crippen LogP contribution in [-0.2, 0) is 4.74 Å². The van der Waals surface area contributed by atoms with Gasteiger partial charge in [0.05, 0.1) is 12.7 Å². The molecule has 1 aliphatic rings. The SMILES string of the molecule is OC[C@H]1OC(O)[C@H](O)CC1O. The molecule has 0 aromatic heterocycles. The van der Waals surface area contributed by atoms with Crippen molar-refractivity contribution in [1.29, 1.82) is 0 Å². The summed E-state index contributed by atoms with van der Waals surface area (Å²) in [5.74, 6) is 0. The van der Waals surface area contributed by atoms with Crippen LogP contribution in [0.5, 0.6) is 0 Å². The molecule has 5 nitrogen and oxygen atoms in total. The topological polar surface area (TPSA) is 90.2 Å². The number of rotatable bonds is 1. The minimum Gasteiger partial charge on any atom is -0.394 e. The molecule has 0 aliphatic carbocycles. The third kappa shape index (κ3) is 1.88. The Morgan fingerprint density at radius 1 is 1.18 bits per heavy atom. The standard InChI is InChI=1S/C6H12O5/c7-2-5-3(8)1-4(9)6(10)11-5/h3-10H,1-2H2/t3?,4-,5-,6?/m1/s1. The molecule has 0 saturated carbocycles. The molecule has 5 heteroatoms. The summed E-state index contributed by atoms with van der Waals surface area (Å²) in [5, 5.41) is 35.5. The summed E-state index contributed by atoms with van der Waals surface area (Å²) in [7, 11) is 0. The Kier molecular flexibility index (Phi) is 2.80. The first-order valence-corrected chi connectivity index (χ1v) is 3.45. The quantitative estimate of drug-likeness (QED) is 0.353. The lowest BCUT2D eigenvalue weighted by Crippen LogP contribution is -2.48. The number of hydrogen-bond acceptors (Lipinski definition) is 5. The van der Waals surface area contributed by atoms with Crippen molar-refractivity contribution in [2.45, 2.75) is 31.0 Å². The van der Waals surface area contributed by atoms with E-state index in [1.54, 1.807) is 0 Å². The zero-order valence-corrected chi connectivity index (χ0v) is 5.92. The molecule has 1 saturated heterocycles. The lowest BCUT2D eigenvalue weighted by molar-refractivity contribution is -0.251. The van der Waals surface area contributed by atoms with E-state index >= 15 is 0 Å². The summed E-state index contributed by atoms with van der Waals surface area (Å²) in [6.45, 7) is -0.356. The molecule has 1 heterocycles. The van der Waals surface area contributed by atoms with Crippen LogP contribution >= 0.6 is 0 Å². The molecule has 4 atom stereocenters. The first-order valence-electron chi connectivity index (χ1n) is 3.45. The normalized spacial score (nSPS) is 45.8. The zero-order chi connectivity index (χ0) is 8.43. The molecule has 11 heavy (non-hydrogen) atoms. The Morgan fingerprint density at radius 2 is 1.82 bits per heavy atom. The van der Waals surface area contributed by atoms with E-state index in [1.165, 1.54) is 0 Å². The Labute approximate surface area is 63.8 Å². The van der Waals surface area contributed by atoms with Crippen molar-refractivity contribution in [1.82, 2.24) is 0 Å². The molecule has 1 aliphatic heterocycles. The van der Waals surface area contributed by atoms with Gasteiger partial charge in [-0.25, -0.2) is 0 Å². The predicted octanol–water partition coefficient (Wildman–Crippen LogP) is -2.19. The Hall–Kier alpha value is -0.200. The van der Waals surface area contributed by atoms with Gasteiger partial charge in [-0.05, 0) is 0 Å². The number of aliphatic hydroxyl groups is 4. The van der Waals surface area contributed by atoms with Crippen molar-refractivity contribution in [2.24, 2.45) is 0 Å². The highest BCUT2D eigenvalue weighted by molar-refractivity contribution is 4.79. The largest absolute Gasteiger partial charge is 0.394 e. The number of ether oxygens (including phenoxy) is 1. The van der Waals surface area contributed by atoms with Gasteiger partial charge in [-0.3, -0.25) is 0 Å². The van der Waals surface area contributed by atoms with Gasteiger partial charge < -0.3 is 25.2 Å². The first kappa shape index (κ1) is 8.89.